The maximum absolute atomic E-state index is 12.0. The van der Waals surface area contributed by atoms with E-state index in [9.17, 15) is 20.0 Å². The highest BCUT2D eigenvalue weighted by atomic mass is 16.6. The minimum Gasteiger partial charge on any atom is -0.506 e. The van der Waals surface area contributed by atoms with Crippen LogP contribution in [-0.4, -0.2) is 25.7 Å². The second-order valence-corrected chi connectivity index (χ2v) is 4.59. The van der Waals surface area contributed by atoms with E-state index in [1.165, 1.54) is 16.9 Å². The molecule has 0 fully saturated rings. The number of aromatic nitrogens is 2. The molecule has 1 heterocycles. The van der Waals surface area contributed by atoms with Crippen LogP contribution in [0.5, 0.6) is 5.75 Å². The molecule has 8 nitrogen and oxygen atoms in total. The number of rotatable bonds is 5. The molecule has 0 aliphatic rings. The van der Waals surface area contributed by atoms with Gasteiger partial charge in [0.2, 0.25) is 5.91 Å². The molecule has 1 atom stereocenters. The Labute approximate surface area is 120 Å². The molecule has 2 N–H and O–H groups in total. The Morgan fingerprint density at radius 3 is 2.86 bits per heavy atom. The van der Waals surface area contributed by atoms with Crippen molar-refractivity contribution in [2.45, 2.75) is 13.5 Å². The van der Waals surface area contributed by atoms with E-state index in [-0.39, 0.29) is 23.9 Å². The summed E-state index contributed by atoms with van der Waals surface area (Å²) in [5, 5.41) is 26.6. The molecule has 0 bridgehead atoms. The van der Waals surface area contributed by atoms with Gasteiger partial charge in [0.25, 0.3) is 0 Å². The highest BCUT2D eigenvalue weighted by Gasteiger charge is 2.17. The number of nitro groups is 1. The summed E-state index contributed by atoms with van der Waals surface area (Å²) in [6.07, 6.45) is 2.40. The Bertz CT molecular complexity index is 668. The number of benzene rings is 1. The Balaban J connectivity index is 1.99. The third-order valence-electron chi connectivity index (χ3n) is 2.90. The predicted molar refractivity (Wildman–Crippen MR) is 74.8 cm³/mol. The summed E-state index contributed by atoms with van der Waals surface area (Å²) in [5.41, 5.74) is 0.198. The Kier molecular flexibility index (Phi) is 4.17. The molecule has 1 unspecified atom stereocenters. The van der Waals surface area contributed by atoms with Crippen molar-refractivity contribution in [2.75, 3.05) is 5.32 Å². The average Bonchev–Trinajstić information content (AvgIpc) is 2.90. The van der Waals surface area contributed by atoms with Gasteiger partial charge in [0.05, 0.1) is 23.1 Å². The molecular formula is C13H14N4O4. The fourth-order valence-electron chi connectivity index (χ4n) is 1.75. The number of aromatic hydroxyl groups is 1. The van der Waals surface area contributed by atoms with Gasteiger partial charge in [-0.1, -0.05) is 19.1 Å². The summed E-state index contributed by atoms with van der Waals surface area (Å²) in [5.74, 6) is -0.799. The van der Waals surface area contributed by atoms with Gasteiger partial charge in [-0.3, -0.25) is 19.6 Å². The Morgan fingerprint density at radius 2 is 2.24 bits per heavy atom. The monoisotopic (exact) mass is 290 g/mol. The van der Waals surface area contributed by atoms with E-state index in [0.29, 0.717) is 5.69 Å². The third-order valence-corrected chi connectivity index (χ3v) is 2.90. The van der Waals surface area contributed by atoms with Gasteiger partial charge in [-0.25, -0.2) is 0 Å². The first-order chi connectivity index (χ1) is 9.97. The van der Waals surface area contributed by atoms with Crippen molar-refractivity contribution < 1.29 is 14.8 Å². The number of nitrogens with one attached hydrogen (secondary N) is 1. The molecule has 8 heteroatoms. The Morgan fingerprint density at radius 1 is 1.52 bits per heavy atom. The second-order valence-electron chi connectivity index (χ2n) is 4.59. The van der Waals surface area contributed by atoms with Gasteiger partial charge in [-0.2, -0.15) is 5.10 Å². The normalized spacial score (nSPS) is 11.9. The fourth-order valence-corrected chi connectivity index (χ4v) is 1.75. The summed E-state index contributed by atoms with van der Waals surface area (Å²) in [6, 6.07) is 6.39. The van der Waals surface area contributed by atoms with Crippen LogP contribution in [0.4, 0.5) is 11.4 Å². The van der Waals surface area contributed by atoms with E-state index in [2.05, 4.69) is 10.4 Å². The predicted octanol–water partition coefficient (Wildman–Crippen LogP) is 1.77. The van der Waals surface area contributed by atoms with Crippen LogP contribution < -0.4 is 5.32 Å². The van der Waals surface area contributed by atoms with Gasteiger partial charge in [0.1, 0.15) is 18.1 Å². The van der Waals surface area contributed by atoms with E-state index < -0.39 is 10.8 Å². The van der Waals surface area contributed by atoms with Crippen LogP contribution >= 0.6 is 0 Å². The highest BCUT2D eigenvalue weighted by molar-refractivity contribution is 5.93. The van der Waals surface area contributed by atoms with E-state index in [4.69, 9.17) is 0 Å². The van der Waals surface area contributed by atoms with Crippen molar-refractivity contribution in [1.82, 2.24) is 9.78 Å². The molecule has 0 radical (unpaired) electrons. The van der Waals surface area contributed by atoms with Gasteiger partial charge in [0.15, 0.2) is 0 Å². The molecule has 1 aromatic heterocycles. The van der Waals surface area contributed by atoms with Crippen LogP contribution in [0.1, 0.15) is 6.92 Å². The fraction of sp³-hybridized carbons (Fsp3) is 0.231. The third kappa shape index (κ3) is 3.56. The quantitative estimate of drug-likeness (QED) is 0.495. The van der Waals surface area contributed by atoms with Gasteiger partial charge in [-0.05, 0) is 12.1 Å². The van der Waals surface area contributed by atoms with Crippen LogP contribution in [0.2, 0.25) is 0 Å². The van der Waals surface area contributed by atoms with Crippen LogP contribution in [-0.2, 0) is 11.3 Å². The van der Waals surface area contributed by atoms with Gasteiger partial charge in [0, 0.05) is 0 Å². The molecule has 0 spiro atoms. The zero-order chi connectivity index (χ0) is 15.4. The lowest BCUT2D eigenvalue weighted by molar-refractivity contribution is -0.385. The van der Waals surface area contributed by atoms with Crippen molar-refractivity contribution in [3.05, 3.63) is 46.8 Å². The number of carbonyl (C=O) groups is 1. The first kappa shape index (κ1) is 14.5. The number of nitrogens with zero attached hydrogens (tertiary/aromatic N) is 3. The molecule has 0 aliphatic carbocycles. The zero-order valence-corrected chi connectivity index (χ0v) is 11.3. The van der Waals surface area contributed by atoms with Crippen LogP contribution in [0.3, 0.4) is 0 Å². The van der Waals surface area contributed by atoms with Gasteiger partial charge < -0.3 is 10.4 Å². The number of para-hydroxylation sites is 2. The minimum absolute atomic E-state index is 0.0206. The molecular weight excluding hydrogens is 276 g/mol. The first-order valence-electron chi connectivity index (χ1n) is 6.23. The lowest BCUT2D eigenvalue weighted by Gasteiger charge is -2.12. The lowest BCUT2D eigenvalue weighted by atomic mass is 10.1. The lowest BCUT2D eigenvalue weighted by Crippen LogP contribution is -2.24. The number of hydrogen-bond donors (Lipinski definition) is 2. The summed E-state index contributed by atoms with van der Waals surface area (Å²) < 4.78 is 1.34. The summed E-state index contributed by atoms with van der Waals surface area (Å²) in [4.78, 5) is 22.0. The van der Waals surface area contributed by atoms with Gasteiger partial charge >= 0.3 is 5.69 Å². The molecule has 21 heavy (non-hydrogen) atoms. The summed E-state index contributed by atoms with van der Waals surface area (Å²) in [7, 11) is 0. The average molecular weight is 290 g/mol. The number of carbonyl (C=O) groups excluding carboxylic acids is 1. The van der Waals surface area contributed by atoms with Crippen LogP contribution in [0.25, 0.3) is 0 Å². The number of amides is 1. The van der Waals surface area contributed by atoms with E-state index in [0.717, 1.165) is 6.20 Å². The van der Waals surface area contributed by atoms with Crippen molar-refractivity contribution >= 4 is 17.3 Å². The van der Waals surface area contributed by atoms with E-state index >= 15 is 0 Å². The maximum atomic E-state index is 12.0. The minimum atomic E-state index is -0.545. The molecule has 1 amide bonds. The largest absolute Gasteiger partial charge is 0.506 e. The van der Waals surface area contributed by atoms with Gasteiger partial charge in [-0.15, -0.1) is 0 Å². The number of anilines is 1. The Hall–Kier alpha value is -2.90. The first-order valence-corrected chi connectivity index (χ1v) is 6.23. The van der Waals surface area contributed by atoms with Crippen molar-refractivity contribution in [3.63, 3.8) is 0 Å². The summed E-state index contributed by atoms with van der Waals surface area (Å²) >= 11 is 0. The molecule has 2 aromatic rings. The maximum Gasteiger partial charge on any atom is 0.306 e. The number of phenols is 1. The van der Waals surface area contributed by atoms with Crippen LogP contribution in [0, 0.1) is 16.0 Å². The number of phenolic OH excluding ortho intramolecular Hbond substituents is 1. The second kappa shape index (κ2) is 6.04. The van der Waals surface area contributed by atoms with Crippen molar-refractivity contribution in [2.24, 2.45) is 5.92 Å². The summed E-state index contributed by atoms with van der Waals surface area (Å²) in [6.45, 7) is 1.87. The van der Waals surface area contributed by atoms with Crippen molar-refractivity contribution in [1.29, 1.82) is 0 Å². The molecule has 0 saturated carbocycles. The smallest absolute Gasteiger partial charge is 0.306 e. The topological polar surface area (TPSA) is 110 Å². The highest BCUT2D eigenvalue weighted by Crippen LogP contribution is 2.22. The van der Waals surface area contributed by atoms with E-state index in [1.807, 2.05) is 0 Å². The molecule has 0 saturated heterocycles. The molecule has 110 valence electrons. The molecule has 0 aliphatic heterocycles. The SMILES string of the molecule is CC(Cn1cc([N+](=O)[O-])cn1)C(=O)Nc1ccccc1O. The zero-order valence-electron chi connectivity index (χ0n) is 11.3. The molecule has 1 aromatic carbocycles. The van der Waals surface area contributed by atoms with E-state index in [1.54, 1.807) is 25.1 Å². The molecule has 2 rings (SSSR count). The standard InChI is InChI=1S/C13H14N4O4/c1-9(7-16-8-10(6-14-16)17(20)21)13(19)15-11-4-2-3-5-12(11)18/h2-6,8-9,18H,7H2,1H3,(H,15,19). The van der Waals surface area contributed by atoms with Crippen molar-refractivity contribution in [3.8, 4) is 5.75 Å². The number of hydrogen-bond acceptors (Lipinski definition) is 5. The van der Waals surface area contributed by atoms with Crippen LogP contribution in [0.15, 0.2) is 36.7 Å².